The lowest BCUT2D eigenvalue weighted by Gasteiger charge is -2.12. The zero-order chi connectivity index (χ0) is 15.3. The molecule has 8 heteroatoms. The van der Waals surface area contributed by atoms with Gasteiger partial charge in [0, 0.05) is 17.8 Å². The van der Waals surface area contributed by atoms with Crippen LogP contribution in [0.3, 0.4) is 0 Å². The van der Waals surface area contributed by atoms with Gasteiger partial charge in [-0.05, 0) is 0 Å². The Morgan fingerprint density at radius 3 is 2.57 bits per heavy atom. The van der Waals surface area contributed by atoms with E-state index < -0.39 is 0 Å². The van der Waals surface area contributed by atoms with Gasteiger partial charge in [-0.1, -0.05) is 32.1 Å². The number of nitrogens with zero attached hydrogens (tertiary/aromatic N) is 4. The minimum absolute atomic E-state index is 0.0237. The number of nitrogens with one attached hydrogen (secondary N) is 2. The Balaban J connectivity index is 1.78. The third kappa shape index (κ3) is 4.75. The molecule has 7 nitrogen and oxygen atoms in total. The summed E-state index contributed by atoms with van der Waals surface area (Å²) in [5.74, 6) is 0. The standard InChI is InChI=1S/C13H18N6OS/c1-13(2,3)11-19-18-10(21-11)8-17-12(20)16-7-9-6-14-4-5-15-9/h4-6H,7-8H2,1-3H3,(H2,16,17,20). The number of carbonyl (C=O) groups is 1. The molecule has 0 saturated heterocycles. The molecule has 0 spiro atoms. The molecule has 0 bridgehead atoms. The van der Waals surface area contributed by atoms with Crippen molar-refractivity contribution in [3.8, 4) is 0 Å². The van der Waals surface area contributed by atoms with Crippen LogP contribution in [0.1, 0.15) is 36.5 Å². The van der Waals surface area contributed by atoms with Crippen LogP contribution in [0.4, 0.5) is 4.79 Å². The molecule has 21 heavy (non-hydrogen) atoms. The van der Waals surface area contributed by atoms with Gasteiger partial charge in [0.05, 0.1) is 25.0 Å². The van der Waals surface area contributed by atoms with Crippen molar-refractivity contribution in [2.75, 3.05) is 0 Å². The Kier molecular flexibility index (Phi) is 4.79. The molecule has 2 aromatic rings. The van der Waals surface area contributed by atoms with E-state index in [9.17, 15) is 4.79 Å². The summed E-state index contributed by atoms with van der Waals surface area (Å²) in [6.45, 7) is 6.94. The van der Waals surface area contributed by atoms with E-state index in [0.717, 1.165) is 10.0 Å². The first kappa shape index (κ1) is 15.3. The smallest absolute Gasteiger partial charge is 0.315 e. The number of aromatic nitrogens is 4. The molecule has 2 amide bonds. The molecule has 0 aliphatic carbocycles. The predicted octanol–water partition coefficient (Wildman–Crippen LogP) is 1.62. The maximum absolute atomic E-state index is 11.7. The van der Waals surface area contributed by atoms with Crippen molar-refractivity contribution in [1.82, 2.24) is 30.8 Å². The van der Waals surface area contributed by atoms with E-state index in [4.69, 9.17) is 0 Å². The summed E-state index contributed by atoms with van der Waals surface area (Å²) < 4.78 is 0. The monoisotopic (exact) mass is 306 g/mol. The second-order valence-electron chi connectivity index (χ2n) is 5.48. The number of hydrogen-bond donors (Lipinski definition) is 2. The third-order valence-electron chi connectivity index (χ3n) is 2.56. The highest BCUT2D eigenvalue weighted by molar-refractivity contribution is 7.11. The molecule has 0 aliphatic rings. The van der Waals surface area contributed by atoms with E-state index in [2.05, 4.69) is 51.6 Å². The number of carbonyl (C=O) groups excluding carboxylic acids is 1. The molecule has 0 aliphatic heterocycles. The first-order valence-corrected chi connectivity index (χ1v) is 7.36. The second kappa shape index (κ2) is 6.57. The molecule has 0 unspecified atom stereocenters. The first-order chi connectivity index (χ1) is 9.95. The summed E-state index contributed by atoms with van der Waals surface area (Å²) in [5, 5.41) is 15.4. The molecule has 2 N–H and O–H groups in total. The summed E-state index contributed by atoms with van der Waals surface area (Å²) in [5.41, 5.74) is 0.683. The first-order valence-electron chi connectivity index (χ1n) is 6.54. The molecule has 2 rings (SSSR count). The van der Waals surface area contributed by atoms with Gasteiger partial charge in [0.15, 0.2) is 0 Å². The van der Waals surface area contributed by atoms with Gasteiger partial charge in [0.1, 0.15) is 10.0 Å². The molecule has 0 atom stereocenters. The molecule has 0 aromatic carbocycles. The Morgan fingerprint density at radius 2 is 1.95 bits per heavy atom. The predicted molar refractivity (Wildman–Crippen MR) is 79.7 cm³/mol. The van der Waals surface area contributed by atoms with Crippen molar-refractivity contribution < 1.29 is 4.79 Å². The molecule has 2 heterocycles. The Morgan fingerprint density at radius 1 is 1.19 bits per heavy atom. The normalized spacial score (nSPS) is 11.2. The van der Waals surface area contributed by atoms with Gasteiger partial charge in [-0.25, -0.2) is 4.79 Å². The number of amides is 2. The fraction of sp³-hybridized carbons (Fsp3) is 0.462. The lowest BCUT2D eigenvalue weighted by Crippen LogP contribution is -2.34. The lowest BCUT2D eigenvalue weighted by atomic mass is 9.98. The summed E-state index contributed by atoms with van der Waals surface area (Å²) in [4.78, 5) is 19.7. The van der Waals surface area contributed by atoms with Gasteiger partial charge in [0.2, 0.25) is 0 Å². The topological polar surface area (TPSA) is 92.7 Å². The van der Waals surface area contributed by atoms with Gasteiger partial charge in [-0.15, -0.1) is 10.2 Å². The minimum atomic E-state index is -0.270. The highest BCUT2D eigenvalue weighted by Gasteiger charge is 2.19. The van der Waals surface area contributed by atoms with Gasteiger partial charge < -0.3 is 10.6 Å². The maximum Gasteiger partial charge on any atom is 0.315 e. The van der Waals surface area contributed by atoms with Crippen LogP contribution < -0.4 is 10.6 Å². The molecule has 0 saturated carbocycles. The lowest BCUT2D eigenvalue weighted by molar-refractivity contribution is 0.240. The molecule has 2 aromatic heterocycles. The Bertz CT molecular complexity index is 592. The van der Waals surface area contributed by atoms with Crippen LogP contribution >= 0.6 is 11.3 Å². The van der Waals surface area contributed by atoms with E-state index >= 15 is 0 Å². The maximum atomic E-state index is 11.7. The van der Waals surface area contributed by atoms with Crippen molar-refractivity contribution in [2.24, 2.45) is 0 Å². The molecular formula is C13H18N6OS. The van der Waals surface area contributed by atoms with Gasteiger partial charge in [-0.3, -0.25) is 9.97 Å². The summed E-state index contributed by atoms with van der Waals surface area (Å²) in [6.07, 6.45) is 4.79. The Labute approximate surface area is 127 Å². The highest BCUT2D eigenvalue weighted by Crippen LogP contribution is 2.25. The van der Waals surface area contributed by atoms with Gasteiger partial charge in [-0.2, -0.15) is 0 Å². The third-order valence-corrected chi connectivity index (χ3v) is 3.90. The zero-order valence-corrected chi connectivity index (χ0v) is 13.1. The van der Waals surface area contributed by atoms with Crippen LogP contribution in [0.2, 0.25) is 0 Å². The quantitative estimate of drug-likeness (QED) is 0.895. The highest BCUT2D eigenvalue weighted by atomic mass is 32.1. The summed E-state index contributed by atoms with van der Waals surface area (Å²) in [7, 11) is 0. The number of rotatable bonds is 4. The molecule has 112 valence electrons. The van der Waals surface area contributed by atoms with Crippen LogP contribution in [0.15, 0.2) is 18.6 Å². The van der Waals surface area contributed by atoms with Gasteiger partial charge >= 0.3 is 6.03 Å². The number of urea groups is 1. The minimum Gasteiger partial charge on any atom is -0.332 e. The fourth-order valence-corrected chi connectivity index (χ4v) is 2.28. The van der Waals surface area contributed by atoms with Crippen molar-refractivity contribution in [2.45, 2.75) is 39.3 Å². The summed E-state index contributed by atoms with van der Waals surface area (Å²) >= 11 is 1.51. The van der Waals surface area contributed by atoms with E-state index in [1.54, 1.807) is 18.6 Å². The molecule has 0 fully saturated rings. The van der Waals surface area contributed by atoms with Crippen molar-refractivity contribution in [1.29, 1.82) is 0 Å². The average Bonchev–Trinajstić information content (AvgIpc) is 2.93. The summed E-state index contributed by atoms with van der Waals surface area (Å²) in [6, 6.07) is -0.270. The average molecular weight is 306 g/mol. The van der Waals surface area contributed by atoms with Crippen LogP contribution in [0.25, 0.3) is 0 Å². The van der Waals surface area contributed by atoms with Crippen LogP contribution in [0, 0.1) is 0 Å². The van der Waals surface area contributed by atoms with E-state index in [0.29, 0.717) is 18.8 Å². The Hall–Kier alpha value is -2.09. The van der Waals surface area contributed by atoms with Gasteiger partial charge in [0.25, 0.3) is 0 Å². The van der Waals surface area contributed by atoms with Crippen molar-refractivity contribution in [3.05, 3.63) is 34.3 Å². The van der Waals surface area contributed by atoms with Crippen molar-refractivity contribution in [3.63, 3.8) is 0 Å². The van der Waals surface area contributed by atoms with Crippen LogP contribution in [-0.4, -0.2) is 26.2 Å². The van der Waals surface area contributed by atoms with E-state index in [-0.39, 0.29) is 11.4 Å². The zero-order valence-electron chi connectivity index (χ0n) is 12.3. The van der Waals surface area contributed by atoms with E-state index in [1.165, 1.54) is 11.3 Å². The van der Waals surface area contributed by atoms with E-state index in [1.807, 2.05) is 0 Å². The molecular weight excluding hydrogens is 288 g/mol. The number of hydrogen-bond acceptors (Lipinski definition) is 6. The van der Waals surface area contributed by atoms with Crippen molar-refractivity contribution >= 4 is 17.4 Å². The largest absolute Gasteiger partial charge is 0.332 e. The SMILES string of the molecule is CC(C)(C)c1nnc(CNC(=O)NCc2cnccn2)s1. The molecule has 0 radical (unpaired) electrons. The van der Waals surface area contributed by atoms with Crippen LogP contribution in [-0.2, 0) is 18.5 Å². The fourth-order valence-electron chi connectivity index (χ4n) is 1.44. The van der Waals surface area contributed by atoms with Crippen LogP contribution in [0.5, 0.6) is 0 Å². The second-order valence-corrected chi connectivity index (χ2v) is 6.55.